The van der Waals surface area contributed by atoms with Gasteiger partial charge in [0.25, 0.3) is 0 Å². The van der Waals surface area contributed by atoms with Crippen molar-refractivity contribution in [2.45, 2.75) is 45.6 Å². The molecule has 1 aromatic carbocycles. The summed E-state index contributed by atoms with van der Waals surface area (Å²) in [4.78, 5) is 28.5. The van der Waals surface area contributed by atoms with Gasteiger partial charge in [0.15, 0.2) is 0 Å². The van der Waals surface area contributed by atoms with E-state index in [1.807, 2.05) is 39.0 Å². The Balaban J connectivity index is 1.20. The number of rotatable bonds is 6. The number of hydrogen-bond acceptors (Lipinski definition) is 7. The van der Waals surface area contributed by atoms with Crippen LogP contribution in [0.25, 0.3) is 22.2 Å². The minimum absolute atomic E-state index is 0.281. The van der Waals surface area contributed by atoms with Crippen LogP contribution in [0.3, 0.4) is 0 Å². The fourth-order valence-corrected chi connectivity index (χ4v) is 4.47. The van der Waals surface area contributed by atoms with Crippen molar-refractivity contribution in [1.29, 1.82) is 0 Å². The Bertz CT molecular complexity index is 1480. The highest BCUT2D eigenvalue weighted by atomic mass is 19.4. The van der Waals surface area contributed by atoms with Gasteiger partial charge < -0.3 is 19.9 Å². The van der Waals surface area contributed by atoms with Gasteiger partial charge in [-0.2, -0.15) is 18.3 Å². The molecule has 4 heterocycles. The molecule has 13 heteroatoms. The van der Waals surface area contributed by atoms with Crippen LogP contribution in [0.4, 0.5) is 29.7 Å². The lowest BCUT2D eigenvalue weighted by atomic mass is 10.1. The van der Waals surface area contributed by atoms with Gasteiger partial charge in [0.05, 0.1) is 17.2 Å². The van der Waals surface area contributed by atoms with Crippen molar-refractivity contribution in [1.82, 2.24) is 34.5 Å². The molecule has 1 fully saturated rings. The zero-order valence-corrected chi connectivity index (χ0v) is 22.5. The number of amides is 1. The number of alkyl halides is 3. The monoisotopic (exact) mass is 556 g/mol. The molecule has 2 N–H and O–H groups in total. The number of nitrogens with one attached hydrogen (secondary N) is 2. The van der Waals surface area contributed by atoms with Crippen LogP contribution in [0, 0.1) is 0 Å². The summed E-state index contributed by atoms with van der Waals surface area (Å²) >= 11 is 0. The zero-order valence-electron chi connectivity index (χ0n) is 22.5. The zero-order chi connectivity index (χ0) is 28.5. The number of halogens is 3. The highest BCUT2D eigenvalue weighted by Crippen LogP contribution is 2.26. The van der Waals surface area contributed by atoms with Crippen molar-refractivity contribution in [2.75, 3.05) is 31.5 Å². The summed E-state index contributed by atoms with van der Waals surface area (Å²) in [6.07, 6.45) is -0.100. The summed E-state index contributed by atoms with van der Waals surface area (Å²) in [5.74, 6) is 1.12. The SMILES string of the molecule is CC(C)(C)OC(=O)N1CCN(Cc2ccnc(Nc3nc4ccc(-c5cnn(CC(F)(F)F)c5)cc4[nH]3)c2)CC1. The summed E-state index contributed by atoms with van der Waals surface area (Å²) in [6, 6.07) is 9.32. The Hall–Kier alpha value is -4.13. The van der Waals surface area contributed by atoms with Gasteiger partial charge in [-0.3, -0.25) is 9.58 Å². The number of fused-ring (bicyclic) bond motifs is 1. The van der Waals surface area contributed by atoms with E-state index in [-0.39, 0.29) is 6.09 Å². The van der Waals surface area contributed by atoms with Gasteiger partial charge in [-0.05, 0) is 56.2 Å². The first-order valence-corrected chi connectivity index (χ1v) is 12.9. The second kappa shape index (κ2) is 10.8. The molecule has 0 atom stereocenters. The molecule has 4 aromatic rings. The van der Waals surface area contributed by atoms with Gasteiger partial charge in [-0.1, -0.05) is 6.07 Å². The summed E-state index contributed by atoms with van der Waals surface area (Å²) < 4.78 is 44.3. The largest absolute Gasteiger partial charge is 0.444 e. The van der Waals surface area contributed by atoms with Crippen LogP contribution in [-0.4, -0.2) is 78.6 Å². The highest BCUT2D eigenvalue weighted by Gasteiger charge is 2.28. The van der Waals surface area contributed by atoms with Crippen LogP contribution in [0.5, 0.6) is 0 Å². The number of benzene rings is 1. The van der Waals surface area contributed by atoms with E-state index in [0.29, 0.717) is 42.5 Å². The maximum absolute atomic E-state index is 12.7. The fraction of sp³-hybridized carbons (Fsp3) is 0.407. The first-order chi connectivity index (χ1) is 18.9. The van der Waals surface area contributed by atoms with E-state index >= 15 is 0 Å². The van der Waals surface area contributed by atoms with Crippen LogP contribution in [0.1, 0.15) is 26.3 Å². The number of carbonyl (C=O) groups is 1. The molecule has 10 nitrogen and oxygen atoms in total. The fourth-order valence-electron chi connectivity index (χ4n) is 4.47. The van der Waals surface area contributed by atoms with Crippen molar-refractivity contribution >= 4 is 28.9 Å². The van der Waals surface area contributed by atoms with Gasteiger partial charge in [0.2, 0.25) is 5.95 Å². The molecular weight excluding hydrogens is 525 g/mol. The third kappa shape index (κ3) is 7.08. The van der Waals surface area contributed by atoms with E-state index < -0.39 is 18.3 Å². The number of imidazole rings is 1. The maximum atomic E-state index is 12.7. The van der Waals surface area contributed by atoms with Gasteiger partial charge >= 0.3 is 12.3 Å². The van der Waals surface area contributed by atoms with Crippen molar-refractivity contribution in [3.05, 3.63) is 54.5 Å². The summed E-state index contributed by atoms with van der Waals surface area (Å²) in [5.41, 5.74) is 3.29. The van der Waals surface area contributed by atoms with Crippen LogP contribution in [0.2, 0.25) is 0 Å². The average Bonchev–Trinajstić information content (AvgIpc) is 3.48. The molecular formula is C27H31F3N8O2. The molecule has 1 saturated heterocycles. The topological polar surface area (TPSA) is 104 Å². The Morgan fingerprint density at radius 1 is 1.07 bits per heavy atom. The number of H-pyrrole nitrogens is 1. The predicted molar refractivity (Wildman–Crippen MR) is 144 cm³/mol. The molecule has 212 valence electrons. The standard InChI is InChI=1S/C27H31F3N8O2/c1-26(2,3)40-25(39)37-10-8-36(9-11-37)15-18-6-7-31-23(12-18)35-24-33-21-5-4-19(13-22(21)34-24)20-14-32-38(16-20)17-27(28,29)30/h4-7,12-14,16H,8-11,15,17H2,1-3H3,(H2,31,33,34,35). The molecule has 0 saturated carbocycles. The number of anilines is 2. The summed E-state index contributed by atoms with van der Waals surface area (Å²) in [5, 5.41) is 7.01. The molecule has 40 heavy (non-hydrogen) atoms. The first kappa shape index (κ1) is 27.4. The van der Waals surface area contributed by atoms with E-state index in [0.717, 1.165) is 34.4 Å². The highest BCUT2D eigenvalue weighted by molar-refractivity contribution is 5.83. The lowest BCUT2D eigenvalue weighted by Gasteiger charge is -2.35. The van der Waals surface area contributed by atoms with Crippen molar-refractivity contribution in [2.24, 2.45) is 0 Å². The third-order valence-corrected chi connectivity index (χ3v) is 6.29. The Morgan fingerprint density at radius 3 is 2.58 bits per heavy atom. The van der Waals surface area contributed by atoms with Crippen molar-refractivity contribution in [3.8, 4) is 11.1 Å². The number of aromatic amines is 1. The number of carbonyl (C=O) groups excluding carboxylic acids is 1. The molecule has 1 aliphatic rings. The van der Waals surface area contributed by atoms with Crippen LogP contribution >= 0.6 is 0 Å². The molecule has 1 amide bonds. The Kier molecular flexibility index (Phi) is 7.41. The van der Waals surface area contributed by atoms with Crippen molar-refractivity contribution < 1.29 is 22.7 Å². The molecule has 1 aliphatic heterocycles. The molecule has 0 aliphatic carbocycles. The predicted octanol–water partition coefficient (Wildman–Crippen LogP) is 5.18. The maximum Gasteiger partial charge on any atom is 0.410 e. The lowest BCUT2D eigenvalue weighted by Crippen LogP contribution is -2.49. The minimum atomic E-state index is -4.33. The number of nitrogens with zero attached hydrogens (tertiary/aromatic N) is 6. The van der Waals surface area contributed by atoms with E-state index in [1.54, 1.807) is 23.2 Å². The third-order valence-electron chi connectivity index (χ3n) is 6.29. The van der Waals surface area contributed by atoms with Gasteiger partial charge in [0, 0.05) is 50.7 Å². The minimum Gasteiger partial charge on any atom is -0.444 e. The number of pyridine rings is 1. The van der Waals surface area contributed by atoms with Crippen LogP contribution in [0.15, 0.2) is 48.9 Å². The quantitative estimate of drug-likeness (QED) is 0.337. The van der Waals surface area contributed by atoms with Gasteiger partial charge in [0.1, 0.15) is 18.0 Å². The molecule has 0 spiro atoms. The Labute approximate surface area is 229 Å². The number of hydrogen-bond donors (Lipinski definition) is 2. The lowest BCUT2D eigenvalue weighted by molar-refractivity contribution is -0.142. The van der Waals surface area contributed by atoms with E-state index in [1.165, 1.54) is 12.4 Å². The number of aromatic nitrogens is 5. The number of piperazine rings is 1. The molecule has 0 radical (unpaired) electrons. The Morgan fingerprint density at radius 2 is 1.85 bits per heavy atom. The molecule has 0 unspecified atom stereocenters. The molecule has 3 aromatic heterocycles. The van der Waals surface area contributed by atoms with E-state index in [9.17, 15) is 18.0 Å². The van der Waals surface area contributed by atoms with Gasteiger partial charge in [-0.15, -0.1) is 0 Å². The second-order valence-electron chi connectivity index (χ2n) is 10.8. The smallest absolute Gasteiger partial charge is 0.410 e. The molecule has 5 rings (SSSR count). The average molecular weight is 557 g/mol. The van der Waals surface area contributed by atoms with E-state index in [4.69, 9.17) is 4.74 Å². The van der Waals surface area contributed by atoms with Crippen molar-refractivity contribution in [3.63, 3.8) is 0 Å². The number of ether oxygens (including phenoxy) is 1. The van der Waals surface area contributed by atoms with E-state index in [2.05, 4.69) is 30.3 Å². The van der Waals surface area contributed by atoms with Crippen LogP contribution < -0.4 is 5.32 Å². The van der Waals surface area contributed by atoms with Crippen LogP contribution in [-0.2, 0) is 17.8 Å². The normalized spacial score (nSPS) is 15.0. The summed E-state index contributed by atoms with van der Waals surface area (Å²) in [7, 11) is 0. The van der Waals surface area contributed by atoms with Gasteiger partial charge in [-0.25, -0.2) is 14.8 Å². The second-order valence-corrected chi connectivity index (χ2v) is 10.8. The first-order valence-electron chi connectivity index (χ1n) is 12.9. The molecule has 0 bridgehead atoms. The summed E-state index contributed by atoms with van der Waals surface area (Å²) in [6.45, 7) is 7.86.